The second-order valence-electron chi connectivity index (χ2n) is 4.40. The first-order chi connectivity index (χ1) is 9.06. The number of allylic oxidation sites excluding steroid dienone is 3. The highest BCUT2D eigenvalue weighted by Gasteiger charge is 2.39. The third-order valence-electron chi connectivity index (χ3n) is 3.05. The number of hydrogen-bond donors (Lipinski definition) is 0. The van der Waals surface area contributed by atoms with Crippen LogP contribution in [0, 0.1) is 11.8 Å². The van der Waals surface area contributed by atoms with Crippen molar-refractivity contribution in [3.8, 4) is 0 Å². The second kappa shape index (κ2) is 5.76. The minimum atomic E-state index is -0.663. The molecule has 3 nitrogen and oxygen atoms in total. The fourth-order valence-corrected chi connectivity index (χ4v) is 2.63. The van der Waals surface area contributed by atoms with Gasteiger partial charge in [0.2, 0.25) is 0 Å². The van der Waals surface area contributed by atoms with E-state index in [1.54, 1.807) is 13.0 Å². The Balaban J connectivity index is 2.51. The van der Waals surface area contributed by atoms with Gasteiger partial charge in [-0.1, -0.05) is 12.7 Å². The number of carbonyl (C=O) groups excluding carboxylic acids is 1. The third kappa shape index (κ3) is 2.67. The Hall–Kier alpha value is -1.32. The zero-order valence-electron chi connectivity index (χ0n) is 10.7. The maximum atomic E-state index is 14.2. The van der Waals surface area contributed by atoms with E-state index in [-0.39, 0.29) is 18.1 Å². The van der Waals surface area contributed by atoms with Gasteiger partial charge in [0.25, 0.3) is 0 Å². The zero-order valence-corrected chi connectivity index (χ0v) is 12.3. The zero-order chi connectivity index (χ0) is 14.0. The van der Waals surface area contributed by atoms with Crippen molar-refractivity contribution in [2.75, 3.05) is 13.2 Å². The van der Waals surface area contributed by atoms with E-state index in [0.717, 1.165) is 0 Å². The van der Waals surface area contributed by atoms with Crippen molar-refractivity contribution in [3.05, 3.63) is 39.5 Å². The van der Waals surface area contributed by atoms with Gasteiger partial charge in [-0.15, -0.1) is 0 Å². The highest BCUT2D eigenvalue weighted by molar-refractivity contribution is 9.12. The Bertz CT molecular complexity index is 527. The molecule has 2 atom stereocenters. The van der Waals surface area contributed by atoms with Crippen molar-refractivity contribution >= 4 is 21.9 Å². The number of ether oxygens (including phenoxy) is 2. The summed E-state index contributed by atoms with van der Waals surface area (Å²) in [5, 5.41) is 0. The molecular formula is C14H14BrFO3. The Labute approximate surface area is 119 Å². The van der Waals surface area contributed by atoms with Gasteiger partial charge in [0.1, 0.15) is 5.76 Å². The lowest BCUT2D eigenvalue weighted by molar-refractivity contribution is -0.149. The lowest BCUT2D eigenvalue weighted by atomic mass is 9.84. The number of hydrogen-bond acceptors (Lipinski definition) is 3. The third-order valence-corrected chi connectivity index (χ3v) is 3.67. The van der Waals surface area contributed by atoms with Crippen molar-refractivity contribution in [2.24, 2.45) is 11.8 Å². The second-order valence-corrected chi connectivity index (χ2v) is 5.25. The summed E-state index contributed by atoms with van der Waals surface area (Å²) in [4.78, 5) is 12.1. The summed E-state index contributed by atoms with van der Waals surface area (Å²) >= 11 is 3.32. The molecule has 0 aromatic heterocycles. The highest BCUT2D eigenvalue weighted by atomic mass is 79.9. The minimum absolute atomic E-state index is 0.149. The Kier molecular flexibility index (Phi) is 4.27. The van der Waals surface area contributed by atoms with E-state index in [4.69, 9.17) is 9.47 Å². The molecule has 0 amide bonds. The van der Waals surface area contributed by atoms with Crippen molar-refractivity contribution in [3.63, 3.8) is 0 Å². The molecular weight excluding hydrogens is 315 g/mol. The van der Waals surface area contributed by atoms with Crippen molar-refractivity contribution < 1.29 is 18.7 Å². The fraction of sp³-hybridized carbons (Fsp3) is 0.429. The lowest BCUT2D eigenvalue weighted by Gasteiger charge is -2.31. The summed E-state index contributed by atoms with van der Waals surface area (Å²) in [5.41, 5.74) is 2.71. The molecule has 0 aromatic carbocycles. The topological polar surface area (TPSA) is 35.5 Å². The predicted molar refractivity (Wildman–Crippen MR) is 72.0 cm³/mol. The van der Waals surface area contributed by atoms with Gasteiger partial charge >= 0.3 is 5.97 Å². The van der Waals surface area contributed by atoms with Crippen molar-refractivity contribution in [1.82, 2.24) is 0 Å². The number of esters is 1. The van der Waals surface area contributed by atoms with Crippen LogP contribution < -0.4 is 0 Å². The minimum Gasteiger partial charge on any atom is -0.492 e. The van der Waals surface area contributed by atoms with Gasteiger partial charge in [0.15, 0.2) is 5.83 Å². The molecule has 1 heterocycles. The normalized spacial score (nSPS) is 25.9. The first-order valence-electron chi connectivity index (χ1n) is 6.08. The highest BCUT2D eigenvalue weighted by Crippen LogP contribution is 2.40. The van der Waals surface area contributed by atoms with Crippen LogP contribution in [-0.4, -0.2) is 19.2 Å². The van der Waals surface area contributed by atoms with Crippen LogP contribution in [0.5, 0.6) is 0 Å². The number of halogens is 2. The monoisotopic (exact) mass is 328 g/mol. The van der Waals surface area contributed by atoms with Crippen LogP contribution in [0.25, 0.3) is 0 Å². The van der Waals surface area contributed by atoms with Crippen LogP contribution in [0.15, 0.2) is 39.5 Å². The van der Waals surface area contributed by atoms with Crippen LogP contribution in [0.3, 0.4) is 0 Å². The molecule has 0 aromatic rings. The van der Waals surface area contributed by atoms with Crippen LogP contribution in [0.1, 0.15) is 13.8 Å². The maximum absolute atomic E-state index is 14.2. The average molecular weight is 329 g/mol. The van der Waals surface area contributed by atoms with Crippen LogP contribution in [0.2, 0.25) is 0 Å². The Morgan fingerprint density at radius 2 is 2.42 bits per heavy atom. The summed E-state index contributed by atoms with van der Waals surface area (Å²) in [6, 6.07) is 0. The molecule has 0 spiro atoms. The van der Waals surface area contributed by atoms with E-state index >= 15 is 0 Å². The molecule has 19 heavy (non-hydrogen) atoms. The standard InChI is InChI=1S/C14H14BrFO3/c1-3-18-14(17)11-8(2)7-19-13-9(15)5-4-6-10(16)12(11)13/h4-5,8,11H,3,7H2,1-2H3. The van der Waals surface area contributed by atoms with Gasteiger partial charge < -0.3 is 9.47 Å². The number of carbonyl (C=O) groups is 1. The smallest absolute Gasteiger partial charge is 0.314 e. The SMILES string of the molecule is CCOC(=O)C1C2=C(OCC1C)C(Br)=CC=C=C2F. The Morgan fingerprint density at radius 3 is 3.11 bits per heavy atom. The van der Waals surface area contributed by atoms with Crippen molar-refractivity contribution in [2.45, 2.75) is 13.8 Å². The van der Waals surface area contributed by atoms with E-state index in [1.165, 1.54) is 6.08 Å². The van der Waals surface area contributed by atoms with E-state index in [0.29, 0.717) is 16.8 Å². The largest absolute Gasteiger partial charge is 0.492 e. The van der Waals surface area contributed by atoms with Gasteiger partial charge in [0.05, 0.1) is 29.2 Å². The first kappa shape index (κ1) is 14.1. The average Bonchev–Trinajstić information content (AvgIpc) is 2.50. The summed E-state index contributed by atoms with van der Waals surface area (Å²) in [5.74, 6) is -1.46. The first-order valence-corrected chi connectivity index (χ1v) is 6.87. The molecule has 1 aliphatic heterocycles. The molecule has 0 radical (unpaired) electrons. The molecule has 2 unspecified atom stereocenters. The van der Waals surface area contributed by atoms with Crippen LogP contribution in [-0.2, 0) is 14.3 Å². The van der Waals surface area contributed by atoms with Gasteiger partial charge in [-0.3, -0.25) is 4.79 Å². The summed E-state index contributed by atoms with van der Waals surface area (Å²) < 4.78 is 25.3. The summed E-state index contributed by atoms with van der Waals surface area (Å²) in [6.07, 6.45) is 3.09. The molecule has 0 saturated heterocycles. The molecule has 5 heteroatoms. The predicted octanol–water partition coefficient (Wildman–Crippen LogP) is 3.39. The van der Waals surface area contributed by atoms with E-state index in [2.05, 4.69) is 21.7 Å². The van der Waals surface area contributed by atoms with E-state index < -0.39 is 17.7 Å². The van der Waals surface area contributed by atoms with Crippen LogP contribution in [0.4, 0.5) is 4.39 Å². The molecule has 0 N–H and O–H groups in total. The van der Waals surface area contributed by atoms with E-state index in [1.807, 2.05) is 6.92 Å². The summed E-state index contributed by atoms with van der Waals surface area (Å²) in [7, 11) is 0. The van der Waals surface area contributed by atoms with Gasteiger partial charge in [0, 0.05) is 5.92 Å². The number of rotatable bonds is 2. The maximum Gasteiger partial charge on any atom is 0.314 e. The van der Waals surface area contributed by atoms with Crippen LogP contribution >= 0.6 is 15.9 Å². The van der Waals surface area contributed by atoms with E-state index in [9.17, 15) is 9.18 Å². The molecule has 1 aliphatic carbocycles. The molecule has 0 saturated carbocycles. The van der Waals surface area contributed by atoms with Gasteiger partial charge in [-0.2, -0.15) is 4.39 Å². The molecule has 2 aliphatic rings. The van der Waals surface area contributed by atoms with Gasteiger partial charge in [-0.25, -0.2) is 0 Å². The van der Waals surface area contributed by atoms with Crippen molar-refractivity contribution in [1.29, 1.82) is 0 Å². The molecule has 2 rings (SSSR count). The Morgan fingerprint density at radius 1 is 1.68 bits per heavy atom. The van der Waals surface area contributed by atoms with Gasteiger partial charge in [-0.05, 0) is 35.0 Å². The fourth-order valence-electron chi connectivity index (χ4n) is 2.17. The molecule has 102 valence electrons. The quantitative estimate of drug-likeness (QED) is 0.575. The molecule has 0 bridgehead atoms. The molecule has 0 fully saturated rings. The lowest BCUT2D eigenvalue weighted by Crippen LogP contribution is -2.33. The summed E-state index contributed by atoms with van der Waals surface area (Å²) in [6.45, 7) is 4.18.